The molecule has 0 atom stereocenters. The molecular formula is C12H18BrN. The van der Waals surface area contributed by atoms with E-state index in [-0.39, 0.29) is 0 Å². The number of rotatable bonds is 4. The first-order valence-corrected chi connectivity index (χ1v) is 5.92. The predicted molar refractivity (Wildman–Crippen MR) is 65.6 cm³/mol. The summed E-state index contributed by atoms with van der Waals surface area (Å²) in [5.74, 6) is 0.587. The summed E-state index contributed by atoms with van der Waals surface area (Å²) in [6.45, 7) is 5.20. The number of benzene rings is 1. The summed E-state index contributed by atoms with van der Waals surface area (Å²) >= 11 is 3.54. The maximum Gasteiger partial charge on any atom is 0.0180 e. The number of halogens is 1. The molecule has 1 nitrogen and oxygen atoms in total. The van der Waals surface area contributed by atoms with Gasteiger partial charge in [0.2, 0.25) is 0 Å². The molecule has 0 unspecified atom stereocenters. The number of hydrogen-bond donors (Lipinski definition) is 1. The third kappa shape index (κ3) is 3.43. The Morgan fingerprint density at radius 3 is 2.57 bits per heavy atom. The molecule has 0 aliphatic heterocycles. The van der Waals surface area contributed by atoms with E-state index in [1.807, 2.05) is 0 Å². The molecule has 0 aromatic heterocycles. The van der Waals surface area contributed by atoms with Crippen LogP contribution in [-0.4, -0.2) is 6.54 Å². The second kappa shape index (κ2) is 5.52. The summed E-state index contributed by atoms with van der Waals surface area (Å²) in [7, 11) is 0. The van der Waals surface area contributed by atoms with E-state index in [0.717, 1.165) is 19.4 Å². The van der Waals surface area contributed by atoms with Crippen LogP contribution in [0.25, 0.3) is 0 Å². The van der Waals surface area contributed by atoms with Crippen LogP contribution in [0.5, 0.6) is 0 Å². The second-order valence-electron chi connectivity index (χ2n) is 3.94. The van der Waals surface area contributed by atoms with Crippen LogP contribution < -0.4 is 5.73 Å². The predicted octanol–water partition coefficient (Wildman–Crippen LogP) is 3.46. The molecule has 1 rings (SSSR count). The van der Waals surface area contributed by atoms with E-state index in [2.05, 4.69) is 48.0 Å². The van der Waals surface area contributed by atoms with Gasteiger partial charge in [-0.2, -0.15) is 0 Å². The molecule has 0 amide bonds. The number of aryl methyl sites for hydroxylation is 1. The quantitative estimate of drug-likeness (QED) is 0.877. The van der Waals surface area contributed by atoms with Gasteiger partial charge in [0, 0.05) is 4.47 Å². The van der Waals surface area contributed by atoms with Gasteiger partial charge in [-0.15, -0.1) is 0 Å². The van der Waals surface area contributed by atoms with Gasteiger partial charge in [-0.3, -0.25) is 0 Å². The topological polar surface area (TPSA) is 26.0 Å². The second-order valence-corrected chi connectivity index (χ2v) is 4.86. The molecule has 0 aliphatic rings. The highest BCUT2D eigenvalue weighted by atomic mass is 79.9. The molecule has 2 N–H and O–H groups in total. The van der Waals surface area contributed by atoms with Gasteiger partial charge in [0.1, 0.15) is 0 Å². The Morgan fingerprint density at radius 1 is 1.29 bits per heavy atom. The molecule has 1 aromatic carbocycles. The summed E-state index contributed by atoms with van der Waals surface area (Å²) in [5, 5.41) is 0. The van der Waals surface area contributed by atoms with Gasteiger partial charge in [-0.05, 0) is 48.6 Å². The summed E-state index contributed by atoms with van der Waals surface area (Å²) in [6.07, 6.45) is 2.14. The standard InChI is InChI=1S/C12H18BrN/c1-9(2)11-6-10(4-3-5-14)7-12(13)8-11/h6-9H,3-5,14H2,1-2H3. The highest BCUT2D eigenvalue weighted by molar-refractivity contribution is 9.10. The smallest absolute Gasteiger partial charge is 0.0180 e. The summed E-state index contributed by atoms with van der Waals surface area (Å²) in [6, 6.07) is 6.66. The molecule has 2 heteroatoms. The Bertz CT molecular complexity index is 294. The highest BCUT2D eigenvalue weighted by Crippen LogP contribution is 2.22. The first kappa shape index (κ1) is 11.7. The van der Waals surface area contributed by atoms with Crippen molar-refractivity contribution in [2.24, 2.45) is 5.73 Å². The third-order valence-electron chi connectivity index (χ3n) is 2.32. The molecule has 0 bridgehead atoms. The van der Waals surface area contributed by atoms with Gasteiger partial charge < -0.3 is 5.73 Å². The zero-order valence-electron chi connectivity index (χ0n) is 8.89. The van der Waals surface area contributed by atoms with E-state index in [1.54, 1.807) is 0 Å². The zero-order valence-corrected chi connectivity index (χ0v) is 10.5. The monoisotopic (exact) mass is 255 g/mol. The molecule has 78 valence electrons. The van der Waals surface area contributed by atoms with Crippen molar-refractivity contribution >= 4 is 15.9 Å². The minimum absolute atomic E-state index is 0.587. The lowest BCUT2D eigenvalue weighted by Crippen LogP contribution is -2.01. The van der Waals surface area contributed by atoms with Crippen molar-refractivity contribution in [1.29, 1.82) is 0 Å². The summed E-state index contributed by atoms with van der Waals surface area (Å²) in [4.78, 5) is 0. The molecule has 0 saturated carbocycles. The Kier molecular flexibility index (Phi) is 4.63. The maximum atomic E-state index is 5.50. The Labute approximate surface area is 94.8 Å². The van der Waals surface area contributed by atoms with Crippen LogP contribution in [0, 0.1) is 0 Å². The summed E-state index contributed by atoms with van der Waals surface area (Å²) < 4.78 is 1.18. The fourth-order valence-corrected chi connectivity index (χ4v) is 2.02. The van der Waals surface area contributed by atoms with E-state index >= 15 is 0 Å². The van der Waals surface area contributed by atoms with Crippen LogP contribution in [0.4, 0.5) is 0 Å². The van der Waals surface area contributed by atoms with E-state index in [4.69, 9.17) is 5.73 Å². The van der Waals surface area contributed by atoms with E-state index < -0.39 is 0 Å². The molecule has 0 saturated heterocycles. The van der Waals surface area contributed by atoms with Crippen molar-refractivity contribution in [3.8, 4) is 0 Å². The molecule has 14 heavy (non-hydrogen) atoms. The molecule has 0 heterocycles. The normalized spacial score (nSPS) is 10.9. The van der Waals surface area contributed by atoms with Crippen molar-refractivity contribution in [3.05, 3.63) is 33.8 Å². The maximum absolute atomic E-state index is 5.50. The van der Waals surface area contributed by atoms with E-state index in [1.165, 1.54) is 15.6 Å². The Hall–Kier alpha value is -0.340. The van der Waals surface area contributed by atoms with E-state index in [0.29, 0.717) is 5.92 Å². The Balaban J connectivity index is 2.84. The minimum atomic E-state index is 0.587. The van der Waals surface area contributed by atoms with E-state index in [9.17, 15) is 0 Å². The van der Waals surface area contributed by atoms with Gasteiger partial charge in [-0.1, -0.05) is 35.8 Å². The lowest BCUT2D eigenvalue weighted by molar-refractivity contribution is 0.820. The van der Waals surface area contributed by atoms with Crippen molar-refractivity contribution in [2.45, 2.75) is 32.6 Å². The van der Waals surface area contributed by atoms with Crippen LogP contribution in [0.3, 0.4) is 0 Å². The van der Waals surface area contributed by atoms with Crippen molar-refractivity contribution in [3.63, 3.8) is 0 Å². The van der Waals surface area contributed by atoms with Crippen LogP contribution in [0.2, 0.25) is 0 Å². The largest absolute Gasteiger partial charge is 0.330 e. The van der Waals surface area contributed by atoms with Gasteiger partial charge in [-0.25, -0.2) is 0 Å². The molecule has 0 aliphatic carbocycles. The highest BCUT2D eigenvalue weighted by Gasteiger charge is 2.02. The third-order valence-corrected chi connectivity index (χ3v) is 2.77. The van der Waals surface area contributed by atoms with Crippen LogP contribution in [0.1, 0.15) is 37.3 Å². The van der Waals surface area contributed by atoms with Crippen LogP contribution in [0.15, 0.2) is 22.7 Å². The van der Waals surface area contributed by atoms with Crippen LogP contribution >= 0.6 is 15.9 Å². The van der Waals surface area contributed by atoms with Crippen molar-refractivity contribution in [2.75, 3.05) is 6.54 Å². The first-order chi connectivity index (χ1) is 6.63. The fraction of sp³-hybridized carbons (Fsp3) is 0.500. The van der Waals surface area contributed by atoms with Gasteiger partial charge >= 0.3 is 0 Å². The van der Waals surface area contributed by atoms with Crippen LogP contribution in [-0.2, 0) is 6.42 Å². The molecule has 0 fully saturated rings. The first-order valence-electron chi connectivity index (χ1n) is 5.13. The fourth-order valence-electron chi connectivity index (χ4n) is 1.46. The SMILES string of the molecule is CC(C)c1cc(Br)cc(CCCN)c1. The molecule has 1 aromatic rings. The molecular weight excluding hydrogens is 238 g/mol. The van der Waals surface area contributed by atoms with Crippen molar-refractivity contribution in [1.82, 2.24) is 0 Å². The zero-order chi connectivity index (χ0) is 10.6. The molecule has 0 radical (unpaired) electrons. The number of hydrogen-bond acceptors (Lipinski definition) is 1. The van der Waals surface area contributed by atoms with Gasteiger partial charge in [0.05, 0.1) is 0 Å². The average molecular weight is 256 g/mol. The lowest BCUT2D eigenvalue weighted by Gasteiger charge is -2.09. The Morgan fingerprint density at radius 2 is 2.00 bits per heavy atom. The lowest BCUT2D eigenvalue weighted by atomic mass is 9.99. The molecule has 0 spiro atoms. The van der Waals surface area contributed by atoms with Gasteiger partial charge in [0.25, 0.3) is 0 Å². The average Bonchev–Trinajstić information content (AvgIpc) is 2.14. The minimum Gasteiger partial charge on any atom is -0.330 e. The number of nitrogens with two attached hydrogens (primary N) is 1. The van der Waals surface area contributed by atoms with Crippen molar-refractivity contribution < 1.29 is 0 Å². The van der Waals surface area contributed by atoms with Gasteiger partial charge in [0.15, 0.2) is 0 Å². The summed E-state index contributed by atoms with van der Waals surface area (Å²) in [5.41, 5.74) is 8.28.